The molecule has 1 aliphatic rings. The fraction of sp³-hybridized carbons (Fsp3) is 0.238. The Balaban J connectivity index is 1.97. The van der Waals surface area contributed by atoms with Crippen molar-refractivity contribution >= 4 is 46.6 Å². The van der Waals surface area contributed by atoms with Crippen LogP contribution in [0.25, 0.3) is 6.08 Å². The molecule has 1 amide bonds. The van der Waals surface area contributed by atoms with Crippen molar-refractivity contribution in [3.8, 4) is 11.5 Å². The van der Waals surface area contributed by atoms with E-state index in [2.05, 4.69) is 5.10 Å². The van der Waals surface area contributed by atoms with E-state index in [0.717, 1.165) is 5.56 Å². The summed E-state index contributed by atoms with van der Waals surface area (Å²) >= 11 is 12.3. The van der Waals surface area contributed by atoms with Crippen molar-refractivity contribution in [2.45, 2.75) is 26.9 Å². The van der Waals surface area contributed by atoms with Gasteiger partial charge in [-0.05, 0) is 68.8 Å². The van der Waals surface area contributed by atoms with Gasteiger partial charge in [-0.15, -0.1) is 0 Å². The molecule has 0 radical (unpaired) electrons. The molecule has 1 heterocycles. The highest BCUT2D eigenvalue weighted by Gasteiger charge is 2.29. The minimum atomic E-state index is -0.224. The van der Waals surface area contributed by atoms with Crippen LogP contribution >= 0.6 is 23.2 Å². The zero-order valence-corrected chi connectivity index (χ0v) is 17.5. The van der Waals surface area contributed by atoms with Crippen LogP contribution in [0.5, 0.6) is 11.5 Å². The van der Waals surface area contributed by atoms with Crippen LogP contribution in [-0.2, 0) is 4.79 Å². The number of carbonyl (C=O) groups is 1. The van der Waals surface area contributed by atoms with E-state index in [1.54, 1.807) is 49.4 Å². The molecule has 2 aromatic rings. The van der Waals surface area contributed by atoms with Crippen LogP contribution in [0.4, 0.5) is 5.69 Å². The Hall–Kier alpha value is -2.50. The summed E-state index contributed by atoms with van der Waals surface area (Å²) in [5.74, 6) is 0.757. The first-order chi connectivity index (χ1) is 13.3. The first-order valence-corrected chi connectivity index (χ1v) is 9.47. The summed E-state index contributed by atoms with van der Waals surface area (Å²) in [4.78, 5) is 12.9. The van der Waals surface area contributed by atoms with Gasteiger partial charge >= 0.3 is 0 Å². The van der Waals surface area contributed by atoms with E-state index in [0.29, 0.717) is 38.5 Å². The van der Waals surface area contributed by atoms with Gasteiger partial charge in [0.05, 0.1) is 35.2 Å². The summed E-state index contributed by atoms with van der Waals surface area (Å²) in [5, 5.41) is 6.73. The van der Waals surface area contributed by atoms with Gasteiger partial charge in [-0.1, -0.05) is 23.2 Å². The van der Waals surface area contributed by atoms with Gasteiger partial charge in [0.15, 0.2) is 11.5 Å². The normalized spacial score (nSPS) is 15.4. The largest absolute Gasteiger partial charge is 0.491 e. The summed E-state index contributed by atoms with van der Waals surface area (Å²) < 4.78 is 11.1. The molecule has 2 aromatic carbocycles. The zero-order valence-electron chi connectivity index (χ0n) is 16.0. The Morgan fingerprint density at radius 1 is 1.14 bits per heavy atom. The first-order valence-electron chi connectivity index (χ1n) is 8.71. The Morgan fingerprint density at radius 3 is 2.43 bits per heavy atom. The minimum Gasteiger partial charge on any atom is -0.491 e. The van der Waals surface area contributed by atoms with Crippen molar-refractivity contribution in [3.63, 3.8) is 0 Å². The summed E-state index contributed by atoms with van der Waals surface area (Å²) in [6, 6.07) is 10.5. The molecule has 0 N–H and O–H groups in total. The smallest absolute Gasteiger partial charge is 0.280 e. The highest BCUT2D eigenvalue weighted by molar-refractivity contribution is 6.34. The molecule has 0 unspecified atom stereocenters. The average Bonchev–Trinajstić information content (AvgIpc) is 2.90. The number of methoxy groups -OCH3 is 1. The third-order valence-electron chi connectivity index (χ3n) is 4.04. The van der Waals surface area contributed by atoms with E-state index in [-0.39, 0.29) is 12.0 Å². The second kappa shape index (κ2) is 8.25. The summed E-state index contributed by atoms with van der Waals surface area (Å²) in [5.41, 5.74) is 2.45. The maximum Gasteiger partial charge on any atom is 0.280 e. The highest BCUT2D eigenvalue weighted by Crippen LogP contribution is 2.38. The quantitative estimate of drug-likeness (QED) is 0.594. The third kappa shape index (κ3) is 4.16. The fourth-order valence-electron chi connectivity index (χ4n) is 2.82. The van der Waals surface area contributed by atoms with Crippen molar-refractivity contribution in [3.05, 3.63) is 57.6 Å². The monoisotopic (exact) mass is 418 g/mol. The molecule has 0 saturated carbocycles. The Bertz CT molecular complexity index is 966. The molecular formula is C21H20Cl2N2O3. The highest BCUT2D eigenvalue weighted by atomic mass is 35.5. The molecule has 146 valence electrons. The van der Waals surface area contributed by atoms with Gasteiger partial charge in [0.2, 0.25) is 0 Å². The van der Waals surface area contributed by atoms with Crippen LogP contribution in [0, 0.1) is 0 Å². The summed E-state index contributed by atoms with van der Waals surface area (Å²) in [6.45, 7) is 5.62. The number of nitrogens with zero attached hydrogens (tertiary/aromatic N) is 2. The molecule has 5 nitrogen and oxygen atoms in total. The van der Waals surface area contributed by atoms with Crippen molar-refractivity contribution in [2.24, 2.45) is 5.10 Å². The van der Waals surface area contributed by atoms with Crippen LogP contribution in [0.2, 0.25) is 10.0 Å². The summed E-state index contributed by atoms with van der Waals surface area (Å²) in [7, 11) is 1.54. The number of benzene rings is 2. The maximum atomic E-state index is 12.9. The Morgan fingerprint density at radius 2 is 1.82 bits per heavy atom. The van der Waals surface area contributed by atoms with Gasteiger partial charge in [0.1, 0.15) is 0 Å². The van der Waals surface area contributed by atoms with E-state index in [1.165, 1.54) is 12.1 Å². The molecule has 1 aliphatic heterocycles. The van der Waals surface area contributed by atoms with Crippen molar-refractivity contribution in [1.29, 1.82) is 0 Å². The number of anilines is 1. The number of ether oxygens (including phenoxy) is 2. The molecule has 0 atom stereocenters. The molecule has 0 fully saturated rings. The van der Waals surface area contributed by atoms with E-state index in [1.807, 2.05) is 13.8 Å². The number of carbonyl (C=O) groups excluding carboxylic acids is 1. The lowest BCUT2D eigenvalue weighted by Gasteiger charge is -2.15. The SMILES string of the molecule is COc1c(Cl)cc(/C=C2\C(=O)N(c3ccc(Cl)cc3)N=C2C)cc1OC(C)C. The van der Waals surface area contributed by atoms with E-state index in [4.69, 9.17) is 32.7 Å². The summed E-state index contributed by atoms with van der Waals surface area (Å²) in [6.07, 6.45) is 1.69. The first kappa shape index (κ1) is 20.2. The molecule has 7 heteroatoms. The molecular weight excluding hydrogens is 399 g/mol. The van der Waals surface area contributed by atoms with Crippen LogP contribution in [0.1, 0.15) is 26.3 Å². The molecule has 0 spiro atoms. The second-order valence-corrected chi connectivity index (χ2v) is 7.38. The fourth-order valence-corrected chi connectivity index (χ4v) is 3.24. The van der Waals surface area contributed by atoms with E-state index < -0.39 is 0 Å². The Kier molecular flexibility index (Phi) is 5.96. The minimum absolute atomic E-state index is 0.0512. The van der Waals surface area contributed by atoms with Gasteiger partial charge < -0.3 is 9.47 Å². The number of amides is 1. The lowest BCUT2D eigenvalue weighted by atomic mass is 10.1. The topological polar surface area (TPSA) is 51.1 Å². The van der Waals surface area contributed by atoms with Gasteiger partial charge in [-0.2, -0.15) is 10.1 Å². The van der Waals surface area contributed by atoms with Crippen LogP contribution in [-0.4, -0.2) is 24.8 Å². The lowest BCUT2D eigenvalue weighted by molar-refractivity contribution is -0.114. The number of halogens is 2. The predicted octanol–water partition coefficient (Wildman–Crippen LogP) is 5.60. The molecule has 0 saturated heterocycles. The predicted molar refractivity (Wildman–Crippen MR) is 114 cm³/mol. The van der Waals surface area contributed by atoms with Gasteiger partial charge in [-0.25, -0.2) is 0 Å². The second-order valence-electron chi connectivity index (χ2n) is 6.54. The number of hydrazone groups is 1. The number of hydrogen-bond acceptors (Lipinski definition) is 4. The van der Waals surface area contributed by atoms with E-state index in [9.17, 15) is 4.79 Å². The molecule has 0 aromatic heterocycles. The van der Waals surface area contributed by atoms with Gasteiger partial charge in [-0.3, -0.25) is 4.79 Å². The standard InChI is InChI=1S/C21H20Cl2N2O3/c1-12(2)28-19-11-14(10-18(23)20(19)27-4)9-17-13(3)24-25(21(17)26)16-7-5-15(22)6-8-16/h5-12H,1-4H3/b17-9-. The lowest BCUT2D eigenvalue weighted by Crippen LogP contribution is -2.21. The van der Waals surface area contributed by atoms with Crippen LogP contribution in [0.3, 0.4) is 0 Å². The molecule has 3 rings (SSSR count). The molecule has 0 bridgehead atoms. The molecule has 0 aliphatic carbocycles. The van der Waals surface area contributed by atoms with Crippen LogP contribution in [0.15, 0.2) is 47.1 Å². The van der Waals surface area contributed by atoms with Gasteiger partial charge in [0.25, 0.3) is 5.91 Å². The van der Waals surface area contributed by atoms with Crippen molar-refractivity contribution in [1.82, 2.24) is 0 Å². The third-order valence-corrected chi connectivity index (χ3v) is 4.58. The van der Waals surface area contributed by atoms with Crippen molar-refractivity contribution < 1.29 is 14.3 Å². The van der Waals surface area contributed by atoms with Crippen LogP contribution < -0.4 is 14.5 Å². The number of hydrogen-bond donors (Lipinski definition) is 0. The molecule has 28 heavy (non-hydrogen) atoms. The zero-order chi connectivity index (χ0) is 20.4. The van der Waals surface area contributed by atoms with Crippen molar-refractivity contribution in [2.75, 3.05) is 12.1 Å². The maximum absolute atomic E-state index is 12.9. The van der Waals surface area contributed by atoms with E-state index >= 15 is 0 Å². The van der Waals surface area contributed by atoms with Gasteiger partial charge in [0, 0.05) is 5.02 Å². The number of rotatable bonds is 5. The average molecular weight is 419 g/mol. The Labute approximate surface area is 174 Å².